The van der Waals surface area contributed by atoms with E-state index in [0.29, 0.717) is 17.3 Å². The van der Waals surface area contributed by atoms with Crippen molar-refractivity contribution in [2.24, 2.45) is 0 Å². The van der Waals surface area contributed by atoms with Crippen molar-refractivity contribution < 1.29 is 9.72 Å². The third-order valence-corrected chi connectivity index (χ3v) is 3.94. The number of benzene rings is 1. The van der Waals surface area contributed by atoms with Crippen LogP contribution < -0.4 is 5.32 Å². The Bertz CT molecular complexity index is 642. The van der Waals surface area contributed by atoms with E-state index in [1.54, 1.807) is 0 Å². The summed E-state index contributed by atoms with van der Waals surface area (Å²) in [5, 5.41) is 13.2. The van der Waals surface area contributed by atoms with Gasteiger partial charge in [0.05, 0.1) is 9.80 Å². The highest BCUT2D eigenvalue weighted by molar-refractivity contribution is 7.17. The molecule has 0 saturated heterocycles. The standard InChI is InChI=1S/C13H11ClN2O3S/c14-7-9-2-1-3-10(6-9)8-15-13(17)11-4-5-12(20-11)16(18)19/h1-6H,7-8H2,(H,15,17). The van der Waals surface area contributed by atoms with Crippen LogP contribution in [0, 0.1) is 10.1 Å². The molecule has 2 rings (SSSR count). The van der Waals surface area contributed by atoms with E-state index >= 15 is 0 Å². The minimum absolute atomic E-state index is 0.0423. The van der Waals surface area contributed by atoms with Crippen molar-refractivity contribution in [1.29, 1.82) is 0 Å². The van der Waals surface area contributed by atoms with Crippen molar-refractivity contribution >= 4 is 33.8 Å². The second-order valence-electron chi connectivity index (χ2n) is 4.03. The smallest absolute Gasteiger partial charge is 0.324 e. The third kappa shape index (κ3) is 3.55. The fourth-order valence-electron chi connectivity index (χ4n) is 1.64. The lowest BCUT2D eigenvalue weighted by molar-refractivity contribution is -0.380. The first kappa shape index (κ1) is 14.5. The molecule has 5 nitrogen and oxygen atoms in total. The number of hydrogen-bond acceptors (Lipinski definition) is 4. The molecule has 0 fully saturated rings. The Labute approximate surface area is 124 Å². The summed E-state index contributed by atoms with van der Waals surface area (Å²) in [6.07, 6.45) is 0. The number of halogens is 1. The normalized spacial score (nSPS) is 10.2. The summed E-state index contributed by atoms with van der Waals surface area (Å²) in [6.45, 7) is 0.356. The molecule has 0 aliphatic carbocycles. The summed E-state index contributed by atoms with van der Waals surface area (Å²) in [5.41, 5.74) is 1.91. The van der Waals surface area contributed by atoms with E-state index in [1.165, 1.54) is 12.1 Å². The molecule has 0 aliphatic rings. The molecule has 0 spiro atoms. The lowest BCUT2D eigenvalue weighted by atomic mass is 10.1. The van der Waals surface area contributed by atoms with E-state index in [9.17, 15) is 14.9 Å². The molecule has 1 N–H and O–H groups in total. The Morgan fingerprint density at radius 1 is 1.30 bits per heavy atom. The summed E-state index contributed by atoms with van der Waals surface area (Å²) < 4.78 is 0. The van der Waals surface area contributed by atoms with Crippen LogP contribution in [0.15, 0.2) is 36.4 Å². The molecular weight excluding hydrogens is 300 g/mol. The van der Waals surface area contributed by atoms with Gasteiger partial charge in [0.2, 0.25) is 0 Å². The lowest BCUT2D eigenvalue weighted by Crippen LogP contribution is -2.21. The summed E-state index contributed by atoms with van der Waals surface area (Å²) in [4.78, 5) is 22.2. The maximum Gasteiger partial charge on any atom is 0.324 e. The van der Waals surface area contributed by atoms with Gasteiger partial charge in [0.15, 0.2) is 0 Å². The number of nitrogens with zero attached hydrogens (tertiary/aromatic N) is 1. The first-order chi connectivity index (χ1) is 9.60. The highest BCUT2D eigenvalue weighted by Gasteiger charge is 2.14. The van der Waals surface area contributed by atoms with Crippen LogP contribution in [0.1, 0.15) is 20.8 Å². The Hall–Kier alpha value is -1.92. The first-order valence-electron chi connectivity index (χ1n) is 5.76. The highest BCUT2D eigenvalue weighted by Crippen LogP contribution is 2.23. The van der Waals surface area contributed by atoms with Crippen LogP contribution in [0.2, 0.25) is 0 Å². The monoisotopic (exact) mass is 310 g/mol. The van der Waals surface area contributed by atoms with Crippen LogP contribution in [0.3, 0.4) is 0 Å². The van der Waals surface area contributed by atoms with Gasteiger partial charge in [-0.2, -0.15) is 0 Å². The van der Waals surface area contributed by atoms with E-state index in [0.717, 1.165) is 22.5 Å². The van der Waals surface area contributed by atoms with Gasteiger partial charge in [0, 0.05) is 18.5 Å². The Morgan fingerprint density at radius 2 is 2.05 bits per heavy atom. The predicted molar refractivity (Wildman–Crippen MR) is 78.1 cm³/mol. The first-order valence-corrected chi connectivity index (χ1v) is 7.11. The van der Waals surface area contributed by atoms with E-state index in [-0.39, 0.29) is 10.9 Å². The maximum absolute atomic E-state index is 11.9. The van der Waals surface area contributed by atoms with Gasteiger partial charge in [0.1, 0.15) is 0 Å². The number of alkyl halides is 1. The Balaban J connectivity index is 1.98. The molecular formula is C13H11ClN2O3S. The highest BCUT2D eigenvalue weighted by atomic mass is 35.5. The molecule has 104 valence electrons. The number of amides is 1. The number of rotatable bonds is 5. The summed E-state index contributed by atoms with van der Waals surface area (Å²) >= 11 is 6.60. The van der Waals surface area contributed by atoms with E-state index < -0.39 is 4.92 Å². The fraction of sp³-hybridized carbons (Fsp3) is 0.154. The Morgan fingerprint density at radius 3 is 2.70 bits per heavy atom. The van der Waals surface area contributed by atoms with Gasteiger partial charge >= 0.3 is 5.00 Å². The number of thiophene rings is 1. The number of carbonyl (C=O) groups is 1. The zero-order chi connectivity index (χ0) is 14.5. The fourth-order valence-corrected chi connectivity index (χ4v) is 2.54. The second kappa shape index (κ2) is 6.49. The average Bonchev–Trinajstić information content (AvgIpc) is 2.95. The van der Waals surface area contributed by atoms with Crippen LogP contribution >= 0.6 is 22.9 Å². The van der Waals surface area contributed by atoms with Gasteiger partial charge in [-0.25, -0.2) is 0 Å². The molecule has 0 atom stereocenters. The summed E-state index contributed by atoms with van der Waals surface area (Å²) in [6, 6.07) is 10.3. The molecule has 0 saturated carbocycles. The van der Waals surface area contributed by atoms with Crippen LogP contribution in [-0.2, 0) is 12.4 Å². The van der Waals surface area contributed by atoms with Crippen molar-refractivity contribution in [2.45, 2.75) is 12.4 Å². The van der Waals surface area contributed by atoms with Gasteiger partial charge in [0.25, 0.3) is 5.91 Å². The second-order valence-corrected chi connectivity index (χ2v) is 5.36. The average molecular weight is 311 g/mol. The van der Waals surface area contributed by atoms with Crippen LogP contribution in [-0.4, -0.2) is 10.8 Å². The zero-order valence-corrected chi connectivity index (χ0v) is 11.9. The largest absolute Gasteiger partial charge is 0.347 e. The quantitative estimate of drug-likeness (QED) is 0.523. The Kier molecular flexibility index (Phi) is 4.70. The maximum atomic E-state index is 11.9. The molecule has 1 heterocycles. The molecule has 1 aromatic carbocycles. The number of carbonyl (C=O) groups excluding carboxylic acids is 1. The van der Waals surface area contributed by atoms with E-state index in [2.05, 4.69) is 5.32 Å². The van der Waals surface area contributed by atoms with Crippen LogP contribution in [0.4, 0.5) is 5.00 Å². The SMILES string of the molecule is O=C(NCc1cccc(CCl)c1)c1ccc([N+](=O)[O-])s1. The molecule has 2 aromatic rings. The van der Waals surface area contributed by atoms with Gasteiger partial charge in [-0.3, -0.25) is 14.9 Å². The molecule has 0 aliphatic heterocycles. The van der Waals surface area contributed by atoms with E-state index in [4.69, 9.17) is 11.6 Å². The minimum Gasteiger partial charge on any atom is -0.347 e. The third-order valence-electron chi connectivity index (χ3n) is 2.59. The van der Waals surface area contributed by atoms with Gasteiger partial charge < -0.3 is 5.32 Å². The van der Waals surface area contributed by atoms with Crippen molar-refractivity contribution in [3.05, 3.63) is 62.5 Å². The predicted octanol–water partition coefficient (Wildman–Crippen LogP) is 3.33. The van der Waals surface area contributed by atoms with Crippen molar-refractivity contribution in [1.82, 2.24) is 5.32 Å². The zero-order valence-electron chi connectivity index (χ0n) is 10.3. The van der Waals surface area contributed by atoms with Crippen LogP contribution in [0.25, 0.3) is 0 Å². The summed E-state index contributed by atoms with van der Waals surface area (Å²) in [5.74, 6) is 0.0956. The number of nitro groups is 1. The molecule has 20 heavy (non-hydrogen) atoms. The molecule has 7 heteroatoms. The number of nitrogens with one attached hydrogen (secondary N) is 1. The topological polar surface area (TPSA) is 72.2 Å². The molecule has 1 amide bonds. The van der Waals surface area contributed by atoms with Gasteiger partial charge in [-0.05, 0) is 17.2 Å². The minimum atomic E-state index is -0.509. The van der Waals surface area contributed by atoms with Crippen molar-refractivity contribution in [3.63, 3.8) is 0 Å². The van der Waals surface area contributed by atoms with Crippen molar-refractivity contribution in [3.8, 4) is 0 Å². The molecule has 0 unspecified atom stereocenters. The van der Waals surface area contributed by atoms with Crippen LogP contribution in [0.5, 0.6) is 0 Å². The van der Waals surface area contributed by atoms with Gasteiger partial charge in [-0.15, -0.1) is 11.6 Å². The molecule has 0 bridgehead atoms. The molecule has 0 radical (unpaired) electrons. The van der Waals surface area contributed by atoms with Gasteiger partial charge in [-0.1, -0.05) is 35.6 Å². The van der Waals surface area contributed by atoms with E-state index in [1.807, 2.05) is 24.3 Å². The number of hydrogen-bond donors (Lipinski definition) is 1. The van der Waals surface area contributed by atoms with Crippen molar-refractivity contribution in [2.75, 3.05) is 0 Å². The lowest BCUT2D eigenvalue weighted by Gasteiger charge is -2.05. The summed E-state index contributed by atoms with van der Waals surface area (Å²) in [7, 11) is 0. The molecule has 1 aromatic heterocycles.